The van der Waals surface area contributed by atoms with Crippen molar-refractivity contribution in [3.05, 3.63) is 18.2 Å². The summed E-state index contributed by atoms with van der Waals surface area (Å²) in [5.74, 6) is 0.538. The fourth-order valence-electron chi connectivity index (χ4n) is 1.63. The summed E-state index contributed by atoms with van der Waals surface area (Å²) in [6.07, 6.45) is 0.340. The molecule has 0 radical (unpaired) electrons. The molecule has 1 atom stereocenters. The predicted octanol–water partition coefficient (Wildman–Crippen LogP) is 0.919. The molecule has 20 heavy (non-hydrogen) atoms. The number of likely N-dealkylation sites (N-methyl/N-ethyl adjacent to an activating group) is 1. The molecule has 1 aromatic carbocycles. The second kappa shape index (κ2) is 7.72. The first-order valence-corrected chi connectivity index (χ1v) is 6.52. The first-order chi connectivity index (χ1) is 9.47. The van der Waals surface area contributed by atoms with Crippen LogP contribution in [0.3, 0.4) is 0 Å². The average molecular weight is 281 g/mol. The van der Waals surface area contributed by atoms with Crippen LogP contribution >= 0.6 is 0 Å². The maximum atomic E-state index is 11.8. The van der Waals surface area contributed by atoms with Crippen molar-refractivity contribution in [2.75, 3.05) is 38.4 Å². The summed E-state index contributed by atoms with van der Waals surface area (Å²) >= 11 is 0. The van der Waals surface area contributed by atoms with Crippen molar-refractivity contribution in [1.29, 1.82) is 0 Å². The van der Waals surface area contributed by atoms with Crippen LogP contribution in [0.1, 0.15) is 13.3 Å². The third-order valence-electron chi connectivity index (χ3n) is 3.24. The highest BCUT2D eigenvalue weighted by Crippen LogP contribution is 2.24. The average Bonchev–Trinajstić information content (AvgIpc) is 2.45. The van der Waals surface area contributed by atoms with Gasteiger partial charge in [-0.3, -0.25) is 4.79 Å². The molecule has 6 nitrogen and oxygen atoms in total. The Hall–Kier alpha value is -1.79. The molecule has 4 N–H and O–H groups in total. The van der Waals surface area contributed by atoms with Gasteiger partial charge in [0, 0.05) is 25.1 Å². The predicted molar refractivity (Wildman–Crippen MR) is 79.8 cm³/mol. The Labute approximate surface area is 119 Å². The molecule has 0 fully saturated rings. The minimum atomic E-state index is -0.112. The molecule has 1 rings (SSSR count). The van der Waals surface area contributed by atoms with Crippen LogP contribution in [0.15, 0.2) is 18.2 Å². The van der Waals surface area contributed by atoms with Crippen LogP contribution in [0.25, 0.3) is 0 Å². The van der Waals surface area contributed by atoms with E-state index in [1.54, 1.807) is 25.3 Å². The van der Waals surface area contributed by atoms with Crippen molar-refractivity contribution < 1.29 is 14.6 Å². The van der Waals surface area contributed by atoms with E-state index in [-0.39, 0.29) is 18.6 Å². The number of amides is 1. The molecule has 6 heteroatoms. The Morgan fingerprint density at radius 1 is 1.55 bits per heavy atom. The number of nitrogens with two attached hydrogens (primary N) is 1. The molecule has 1 aromatic rings. The van der Waals surface area contributed by atoms with E-state index in [4.69, 9.17) is 15.6 Å². The van der Waals surface area contributed by atoms with Crippen molar-refractivity contribution in [2.45, 2.75) is 19.4 Å². The lowest BCUT2D eigenvalue weighted by atomic mass is 10.2. The number of carbonyl (C=O) groups excluding carboxylic acids is 1. The molecule has 0 bridgehead atoms. The van der Waals surface area contributed by atoms with E-state index >= 15 is 0 Å². The molecule has 0 aliphatic carbocycles. The van der Waals surface area contributed by atoms with E-state index in [1.807, 2.05) is 18.9 Å². The fraction of sp³-hybridized carbons (Fsp3) is 0.500. The van der Waals surface area contributed by atoms with E-state index in [2.05, 4.69) is 5.32 Å². The number of anilines is 2. The van der Waals surface area contributed by atoms with Gasteiger partial charge < -0.3 is 25.8 Å². The van der Waals surface area contributed by atoms with Gasteiger partial charge in [0.15, 0.2) is 0 Å². The zero-order valence-electron chi connectivity index (χ0n) is 12.2. The maximum absolute atomic E-state index is 11.8. The number of methoxy groups -OCH3 is 1. The monoisotopic (exact) mass is 281 g/mol. The van der Waals surface area contributed by atoms with Gasteiger partial charge in [-0.1, -0.05) is 0 Å². The van der Waals surface area contributed by atoms with Crippen LogP contribution in [0, 0.1) is 0 Å². The molecule has 112 valence electrons. The van der Waals surface area contributed by atoms with Crippen LogP contribution in [-0.2, 0) is 4.79 Å². The number of carbonyl (C=O) groups is 1. The molecule has 0 spiro atoms. The van der Waals surface area contributed by atoms with Crippen molar-refractivity contribution >= 4 is 17.3 Å². The molecule has 0 aliphatic heterocycles. The molecular weight excluding hydrogens is 258 g/mol. The number of hydrogen-bond donors (Lipinski definition) is 3. The highest BCUT2D eigenvalue weighted by molar-refractivity contribution is 5.94. The lowest BCUT2D eigenvalue weighted by Gasteiger charge is -2.22. The summed E-state index contributed by atoms with van der Waals surface area (Å²) in [6.45, 7) is 2.55. The molecular formula is C14H23N3O3. The zero-order chi connectivity index (χ0) is 15.1. The quantitative estimate of drug-likeness (QED) is 0.647. The molecule has 0 saturated carbocycles. The number of hydrogen-bond acceptors (Lipinski definition) is 5. The lowest BCUT2D eigenvalue weighted by Crippen LogP contribution is -2.34. The fourth-order valence-corrected chi connectivity index (χ4v) is 1.63. The summed E-state index contributed by atoms with van der Waals surface area (Å²) in [6, 6.07) is 5.15. The number of nitrogen functional groups attached to an aromatic ring is 1. The standard InChI is InChI=1S/C14H23N3O3/c1-10(9-18)17(2)7-6-14(19)16-13-5-4-11(20-3)8-12(13)15/h4-5,8,10,18H,6-7,9,15H2,1-3H3,(H,16,19). The van der Waals surface area contributed by atoms with Gasteiger partial charge in [-0.15, -0.1) is 0 Å². The summed E-state index contributed by atoms with van der Waals surface area (Å²) < 4.78 is 5.05. The van der Waals surface area contributed by atoms with Crippen LogP contribution < -0.4 is 15.8 Å². The molecule has 0 aromatic heterocycles. The Morgan fingerprint density at radius 2 is 2.25 bits per heavy atom. The van der Waals surface area contributed by atoms with Gasteiger partial charge in [0.1, 0.15) is 5.75 Å². The first-order valence-electron chi connectivity index (χ1n) is 6.52. The highest BCUT2D eigenvalue weighted by Gasteiger charge is 2.11. The van der Waals surface area contributed by atoms with E-state index in [9.17, 15) is 4.79 Å². The first kappa shape index (κ1) is 16.3. The number of nitrogens with one attached hydrogen (secondary N) is 1. The molecule has 0 heterocycles. The van der Waals surface area contributed by atoms with Gasteiger partial charge in [-0.2, -0.15) is 0 Å². The smallest absolute Gasteiger partial charge is 0.225 e. The second-order valence-electron chi connectivity index (χ2n) is 4.76. The van der Waals surface area contributed by atoms with Crippen molar-refractivity contribution in [3.8, 4) is 5.75 Å². The molecule has 1 amide bonds. The van der Waals surface area contributed by atoms with Crippen molar-refractivity contribution in [1.82, 2.24) is 4.90 Å². The van der Waals surface area contributed by atoms with Gasteiger partial charge in [-0.05, 0) is 26.1 Å². The van der Waals surface area contributed by atoms with Gasteiger partial charge in [-0.25, -0.2) is 0 Å². The number of ether oxygens (including phenoxy) is 1. The van der Waals surface area contributed by atoms with Crippen LogP contribution in [0.5, 0.6) is 5.75 Å². The van der Waals surface area contributed by atoms with E-state index in [0.29, 0.717) is 30.1 Å². The maximum Gasteiger partial charge on any atom is 0.225 e. The lowest BCUT2D eigenvalue weighted by molar-refractivity contribution is -0.116. The largest absolute Gasteiger partial charge is 0.497 e. The summed E-state index contributed by atoms with van der Waals surface area (Å²) in [5.41, 5.74) is 6.88. The van der Waals surface area contributed by atoms with E-state index in [1.165, 1.54) is 0 Å². The second-order valence-corrected chi connectivity index (χ2v) is 4.76. The SMILES string of the molecule is COc1ccc(NC(=O)CCN(C)C(C)CO)c(N)c1. The Morgan fingerprint density at radius 3 is 2.80 bits per heavy atom. The third kappa shape index (κ3) is 4.71. The van der Waals surface area contributed by atoms with Gasteiger partial charge >= 0.3 is 0 Å². The number of benzene rings is 1. The summed E-state index contributed by atoms with van der Waals surface area (Å²) in [5, 5.41) is 11.8. The number of nitrogens with zero attached hydrogens (tertiary/aromatic N) is 1. The highest BCUT2D eigenvalue weighted by atomic mass is 16.5. The Bertz CT molecular complexity index is 451. The molecule has 0 aliphatic rings. The van der Waals surface area contributed by atoms with Crippen LogP contribution in [-0.4, -0.2) is 49.3 Å². The summed E-state index contributed by atoms with van der Waals surface area (Å²) in [7, 11) is 3.43. The van der Waals surface area contributed by atoms with Crippen LogP contribution in [0.4, 0.5) is 11.4 Å². The van der Waals surface area contributed by atoms with Crippen molar-refractivity contribution in [2.24, 2.45) is 0 Å². The Kier molecular flexibility index (Phi) is 6.27. The van der Waals surface area contributed by atoms with E-state index < -0.39 is 0 Å². The number of rotatable bonds is 7. The number of aliphatic hydroxyl groups is 1. The minimum absolute atomic E-state index is 0.0360. The van der Waals surface area contributed by atoms with Gasteiger partial charge in [0.2, 0.25) is 5.91 Å². The molecule has 0 saturated heterocycles. The third-order valence-corrected chi connectivity index (χ3v) is 3.24. The van der Waals surface area contributed by atoms with Gasteiger partial charge in [0.05, 0.1) is 25.1 Å². The Balaban J connectivity index is 2.50. The van der Waals surface area contributed by atoms with E-state index in [0.717, 1.165) is 0 Å². The van der Waals surface area contributed by atoms with Crippen molar-refractivity contribution in [3.63, 3.8) is 0 Å². The van der Waals surface area contributed by atoms with Crippen LogP contribution in [0.2, 0.25) is 0 Å². The normalized spacial score (nSPS) is 12.2. The molecule has 1 unspecified atom stereocenters. The number of aliphatic hydroxyl groups excluding tert-OH is 1. The zero-order valence-corrected chi connectivity index (χ0v) is 12.2. The minimum Gasteiger partial charge on any atom is -0.497 e. The van der Waals surface area contributed by atoms with Gasteiger partial charge in [0.25, 0.3) is 0 Å². The summed E-state index contributed by atoms with van der Waals surface area (Å²) in [4.78, 5) is 13.8. The topological polar surface area (TPSA) is 87.8 Å².